The molecule has 1 N–H and O–H groups in total. The van der Waals surface area contributed by atoms with Crippen LogP contribution < -0.4 is 0 Å². The quantitative estimate of drug-likeness (QED) is 0.922. The van der Waals surface area contributed by atoms with E-state index < -0.39 is 0 Å². The third kappa shape index (κ3) is 3.27. The first-order valence-corrected chi connectivity index (χ1v) is 8.01. The van der Waals surface area contributed by atoms with E-state index in [4.69, 9.17) is 0 Å². The molecule has 0 saturated carbocycles. The van der Waals surface area contributed by atoms with Crippen LogP contribution in [0.4, 0.5) is 0 Å². The van der Waals surface area contributed by atoms with Gasteiger partial charge in [-0.3, -0.25) is 9.69 Å². The maximum Gasteiger partial charge on any atom is 0.244 e. The number of hydrogen-bond acceptors (Lipinski definition) is 3. The average Bonchev–Trinajstić information content (AvgIpc) is 2.95. The Morgan fingerprint density at radius 1 is 1.10 bits per heavy atom. The van der Waals surface area contributed by atoms with Gasteiger partial charge in [-0.2, -0.15) is 0 Å². The van der Waals surface area contributed by atoms with Gasteiger partial charge in [-0.05, 0) is 31.2 Å². The highest BCUT2D eigenvalue weighted by molar-refractivity contribution is 5.83. The molecule has 0 spiro atoms. The second-order valence-corrected chi connectivity index (χ2v) is 6.14. The molecule has 21 heavy (non-hydrogen) atoms. The summed E-state index contributed by atoms with van der Waals surface area (Å²) < 4.78 is 0. The number of aliphatic hydroxyl groups excluding tert-OH is 1. The number of carbonyl (C=O) groups excluding carboxylic acids is 1. The first kappa shape index (κ1) is 14.5. The van der Waals surface area contributed by atoms with Crippen molar-refractivity contribution < 1.29 is 9.90 Å². The molecule has 1 aromatic carbocycles. The molecule has 0 aliphatic carbocycles. The van der Waals surface area contributed by atoms with E-state index in [2.05, 4.69) is 4.90 Å². The maximum atomic E-state index is 13.0. The fraction of sp³-hybridized carbons (Fsp3) is 0.588. The van der Waals surface area contributed by atoms with E-state index >= 15 is 0 Å². The number of hydrogen-bond donors (Lipinski definition) is 1. The molecule has 2 aliphatic heterocycles. The smallest absolute Gasteiger partial charge is 0.244 e. The Morgan fingerprint density at radius 3 is 2.43 bits per heavy atom. The van der Waals surface area contributed by atoms with Crippen LogP contribution in [0, 0.1) is 0 Å². The van der Waals surface area contributed by atoms with Crippen molar-refractivity contribution in [3.8, 4) is 0 Å². The van der Waals surface area contributed by atoms with Crippen LogP contribution in [-0.2, 0) is 4.79 Å². The van der Waals surface area contributed by atoms with Gasteiger partial charge in [-0.1, -0.05) is 30.3 Å². The van der Waals surface area contributed by atoms with Crippen LogP contribution in [0.1, 0.15) is 37.3 Å². The van der Waals surface area contributed by atoms with E-state index in [1.54, 1.807) is 0 Å². The van der Waals surface area contributed by atoms with Crippen molar-refractivity contribution in [1.29, 1.82) is 0 Å². The summed E-state index contributed by atoms with van der Waals surface area (Å²) in [6, 6.07) is 9.76. The minimum atomic E-state index is -0.301. The molecule has 2 heterocycles. The molecular formula is C17H24N2O2. The highest BCUT2D eigenvalue weighted by Crippen LogP contribution is 2.28. The summed E-state index contributed by atoms with van der Waals surface area (Å²) in [7, 11) is 0. The second-order valence-electron chi connectivity index (χ2n) is 6.14. The Bertz CT molecular complexity index is 471. The van der Waals surface area contributed by atoms with Gasteiger partial charge in [0, 0.05) is 26.2 Å². The van der Waals surface area contributed by atoms with Crippen LogP contribution in [0.3, 0.4) is 0 Å². The van der Waals surface area contributed by atoms with Crippen LogP contribution >= 0.6 is 0 Å². The number of amides is 1. The lowest BCUT2D eigenvalue weighted by atomic mass is 10.0. The predicted molar refractivity (Wildman–Crippen MR) is 81.8 cm³/mol. The summed E-state index contributed by atoms with van der Waals surface area (Å²) >= 11 is 0. The molecule has 0 aromatic heterocycles. The molecule has 4 heteroatoms. The summed E-state index contributed by atoms with van der Waals surface area (Å²) in [5, 5.41) is 9.82. The third-order valence-corrected chi connectivity index (χ3v) is 4.58. The number of rotatable bonds is 3. The number of piperidine rings is 1. The van der Waals surface area contributed by atoms with Crippen LogP contribution in [0.5, 0.6) is 0 Å². The highest BCUT2D eigenvalue weighted by atomic mass is 16.3. The number of nitrogens with zero attached hydrogens (tertiary/aromatic N) is 2. The maximum absolute atomic E-state index is 13.0. The molecule has 2 saturated heterocycles. The third-order valence-electron chi connectivity index (χ3n) is 4.58. The Labute approximate surface area is 126 Å². The molecule has 1 unspecified atom stereocenters. The van der Waals surface area contributed by atoms with Gasteiger partial charge >= 0.3 is 0 Å². The molecule has 0 radical (unpaired) electrons. The van der Waals surface area contributed by atoms with Gasteiger partial charge in [0.05, 0.1) is 6.10 Å². The Kier molecular flexibility index (Phi) is 4.56. The molecule has 1 aromatic rings. The summed E-state index contributed by atoms with van der Waals surface area (Å²) in [5.74, 6) is 0.204. The van der Waals surface area contributed by atoms with E-state index in [0.717, 1.165) is 44.5 Å². The number of carbonyl (C=O) groups is 1. The second kappa shape index (κ2) is 6.58. The van der Waals surface area contributed by atoms with E-state index in [-0.39, 0.29) is 18.1 Å². The lowest BCUT2D eigenvalue weighted by Crippen LogP contribution is -2.44. The SMILES string of the molecule is O=C(C(c1ccccc1)N1CC[C@H](O)C1)N1CCCCC1. The summed E-state index contributed by atoms with van der Waals surface area (Å²) in [6.07, 6.45) is 3.90. The number of likely N-dealkylation sites (tertiary alicyclic amines) is 2. The Morgan fingerprint density at radius 2 is 1.81 bits per heavy atom. The van der Waals surface area contributed by atoms with Gasteiger partial charge in [0.2, 0.25) is 5.91 Å². The molecule has 1 amide bonds. The average molecular weight is 288 g/mol. The van der Waals surface area contributed by atoms with Crippen molar-refractivity contribution in [1.82, 2.24) is 9.80 Å². The number of β-amino-alcohol motifs (C(OH)–C–C–N with tert-alkyl or cyclic N) is 1. The van der Waals surface area contributed by atoms with Gasteiger partial charge in [0.15, 0.2) is 0 Å². The molecule has 114 valence electrons. The predicted octanol–water partition coefficient (Wildman–Crippen LogP) is 1.81. The first-order valence-electron chi connectivity index (χ1n) is 8.01. The molecule has 2 aliphatic rings. The molecule has 0 bridgehead atoms. The van der Waals surface area contributed by atoms with Crippen molar-refractivity contribution in [2.45, 2.75) is 37.8 Å². The Balaban J connectivity index is 1.83. The van der Waals surface area contributed by atoms with E-state index in [1.165, 1.54) is 6.42 Å². The van der Waals surface area contributed by atoms with Crippen molar-refractivity contribution in [2.24, 2.45) is 0 Å². The van der Waals surface area contributed by atoms with Gasteiger partial charge in [-0.25, -0.2) is 0 Å². The van der Waals surface area contributed by atoms with Crippen molar-refractivity contribution >= 4 is 5.91 Å². The van der Waals surface area contributed by atoms with E-state index in [0.29, 0.717) is 6.54 Å². The monoisotopic (exact) mass is 288 g/mol. The lowest BCUT2D eigenvalue weighted by molar-refractivity contribution is -0.138. The summed E-state index contributed by atoms with van der Waals surface area (Å²) in [5.41, 5.74) is 1.04. The van der Waals surface area contributed by atoms with Crippen LogP contribution in [0.2, 0.25) is 0 Å². The summed E-state index contributed by atoms with van der Waals surface area (Å²) in [6.45, 7) is 3.14. The molecular weight excluding hydrogens is 264 g/mol. The minimum absolute atomic E-state index is 0.204. The zero-order valence-electron chi connectivity index (χ0n) is 12.4. The zero-order chi connectivity index (χ0) is 14.7. The van der Waals surface area contributed by atoms with Crippen LogP contribution in [0.25, 0.3) is 0 Å². The Hall–Kier alpha value is -1.39. The van der Waals surface area contributed by atoms with Crippen molar-refractivity contribution in [2.75, 3.05) is 26.2 Å². The topological polar surface area (TPSA) is 43.8 Å². The van der Waals surface area contributed by atoms with Crippen LogP contribution in [-0.4, -0.2) is 53.1 Å². The normalized spacial score (nSPS) is 25.0. The highest BCUT2D eigenvalue weighted by Gasteiger charge is 2.35. The molecule has 2 atom stereocenters. The standard InChI is InChI=1S/C17H24N2O2/c20-15-9-12-19(13-15)16(14-7-3-1-4-8-14)17(21)18-10-5-2-6-11-18/h1,3-4,7-8,15-16,20H,2,5-6,9-13H2/t15-,16?/m0/s1. The molecule has 4 nitrogen and oxygen atoms in total. The van der Waals surface area contributed by atoms with Gasteiger partial charge in [0.25, 0.3) is 0 Å². The van der Waals surface area contributed by atoms with E-state index in [1.807, 2.05) is 35.2 Å². The number of benzene rings is 1. The largest absolute Gasteiger partial charge is 0.392 e. The lowest BCUT2D eigenvalue weighted by Gasteiger charge is -2.34. The molecule has 2 fully saturated rings. The molecule has 3 rings (SSSR count). The van der Waals surface area contributed by atoms with Gasteiger partial charge in [0.1, 0.15) is 6.04 Å². The van der Waals surface area contributed by atoms with Gasteiger partial charge in [-0.15, -0.1) is 0 Å². The fourth-order valence-corrected chi connectivity index (χ4v) is 3.43. The van der Waals surface area contributed by atoms with Crippen LogP contribution in [0.15, 0.2) is 30.3 Å². The van der Waals surface area contributed by atoms with Crippen molar-refractivity contribution in [3.63, 3.8) is 0 Å². The first-order chi connectivity index (χ1) is 10.3. The number of aliphatic hydroxyl groups is 1. The zero-order valence-corrected chi connectivity index (χ0v) is 12.4. The summed E-state index contributed by atoms with van der Waals surface area (Å²) in [4.78, 5) is 17.1. The minimum Gasteiger partial charge on any atom is -0.392 e. The van der Waals surface area contributed by atoms with E-state index in [9.17, 15) is 9.90 Å². The van der Waals surface area contributed by atoms with Gasteiger partial charge < -0.3 is 10.0 Å². The fourth-order valence-electron chi connectivity index (χ4n) is 3.43. The van der Waals surface area contributed by atoms with Crippen molar-refractivity contribution in [3.05, 3.63) is 35.9 Å².